The highest BCUT2D eigenvalue weighted by atomic mass is 35.5. The summed E-state index contributed by atoms with van der Waals surface area (Å²) in [6.45, 7) is 2.06. The third kappa shape index (κ3) is 4.10. The van der Waals surface area contributed by atoms with Gasteiger partial charge < -0.3 is 0 Å². The highest BCUT2D eigenvalue weighted by molar-refractivity contribution is 7.15. The van der Waals surface area contributed by atoms with Crippen molar-refractivity contribution in [1.82, 2.24) is 9.97 Å². The van der Waals surface area contributed by atoms with Gasteiger partial charge in [0, 0.05) is 26.2 Å². The van der Waals surface area contributed by atoms with E-state index in [0.717, 1.165) is 32.7 Å². The number of anilines is 1. The molecule has 3 aromatic heterocycles. The minimum atomic E-state index is -0.204. The maximum Gasteiger partial charge on any atom is 0.258 e. The fourth-order valence-electron chi connectivity index (χ4n) is 3.31. The van der Waals surface area contributed by atoms with Gasteiger partial charge in [-0.3, -0.25) is 10.1 Å². The van der Waals surface area contributed by atoms with Gasteiger partial charge in [0.2, 0.25) is 0 Å². The number of carbonyl (C=O) groups is 1. The molecule has 0 spiro atoms. The van der Waals surface area contributed by atoms with Crippen molar-refractivity contribution in [2.24, 2.45) is 0 Å². The molecule has 1 N–H and O–H groups in total. The summed E-state index contributed by atoms with van der Waals surface area (Å²) >= 11 is 9.02. The van der Waals surface area contributed by atoms with Gasteiger partial charge in [-0.25, -0.2) is 9.97 Å². The molecule has 152 valence electrons. The zero-order valence-electron chi connectivity index (χ0n) is 16.4. The van der Waals surface area contributed by atoms with E-state index in [1.165, 1.54) is 16.2 Å². The van der Waals surface area contributed by atoms with Gasteiger partial charge in [0.25, 0.3) is 5.91 Å². The second-order valence-electron chi connectivity index (χ2n) is 6.98. The SMILES string of the molecule is Cc1ccc(-c2cc(C(=O)Nc3nc(-c4ccc(Cl)cc4)cs3)c3ccccc3n2)s1. The summed E-state index contributed by atoms with van der Waals surface area (Å²) in [5, 5.41) is 6.91. The van der Waals surface area contributed by atoms with Gasteiger partial charge in [0.15, 0.2) is 5.13 Å². The molecule has 7 heteroatoms. The highest BCUT2D eigenvalue weighted by Gasteiger charge is 2.16. The van der Waals surface area contributed by atoms with Crippen LogP contribution in [0, 0.1) is 6.92 Å². The number of hydrogen-bond acceptors (Lipinski definition) is 5. The Morgan fingerprint density at radius 1 is 0.968 bits per heavy atom. The van der Waals surface area contributed by atoms with Crippen LogP contribution in [0.1, 0.15) is 15.2 Å². The van der Waals surface area contributed by atoms with Crippen LogP contribution in [0.15, 0.2) is 72.1 Å². The molecule has 1 amide bonds. The molecule has 0 saturated carbocycles. The Labute approximate surface area is 192 Å². The number of thiazole rings is 1. The second-order valence-corrected chi connectivity index (χ2v) is 9.56. The minimum absolute atomic E-state index is 0.204. The molecular weight excluding hydrogens is 446 g/mol. The lowest BCUT2D eigenvalue weighted by Gasteiger charge is -2.08. The molecule has 0 fully saturated rings. The molecule has 2 aromatic carbocycles. The molecular formula is C24H16ClN3OS2. The van der Waals surface area contributed by atoms with Crippen molar-refractivity contribution < 1.29 is 4.79 Å². The molecule has 3 heterocycles. The van der Waals surface area contributed by atoms with Crippen LogP contribution in [-0.4, -0.2) is 15.9 Å². The number of rotatable bonds is 4. The van der Waals surface area contributed by atoms with Crippen LogP contribution in [0.2, 0.25) is 5.02 Å². The fraction of sp³-hybridized carbons (Fsp3) is 0.0417. The zero-order valence-corrected chi connectivity index (χ0v) is 18.8. The summed E-state index contributed by atoms with van der Waals surface area (Å²) in [4.78, 5) is 24.8. The first-order chi connectivity index (χ1) is 15.1. The number of carbonyl (C=O) groups excluding carboxylic acids is 1. The number of amides is 1. The second kappa shape index (κ2) is 8.23. The smallest absolute Gasteiger partial charge is 0.258 e. The van der Waals surface area contributed by atoms with Gasteiger partial charge in [-0.05, 0) is 43.3 Å². The highest BCUT2D eigenvalue weighted by Crippen LogP contribution is 2.31. The van der Waals surface area contributed by atoms with E-state index in [1.54, 1.807) is 11.3 Å². The molecule has 0 aliphatic rings. The van der Waals surface area contributed by atoms with Crippen LogP contribution in [0.4, 0.5) is 5.13 Å². The van der Waals surface area contributed by atoms with Crippen LogP contribution in [-0.2, 0) is 0 Å². The average Bonchev–Trinajstić information content (AvgIpc) is 3.42. The monoisotopic (exact) mass is 461 g/mol. The number of nitrogens with one attached hydrogen (secondary N) is 1. The number of para-hydroxylation sites is 1. The van der Waals surface area contributed by atoms with Gasteiger partial charge >= 0.3 is 0 Å². The van der Waals surface area contributed by atoms with Crippen molar-refractivity contribution in [2.45, 2.75) is 6.92 Å². The Morgan fingerprint density at radius 2 is 1.77 bits per heavy atom. The molecule has 0 saturated heterocycles. The van der Waals surface area contributed by atoms with Gasteiger partial charge in [-0.1, -0.05) is 41.9 Å². The lowest BCUT2D eigenvalue weighted by molar-refractivity contribution is 0.102. The molecule has 0 aliphatic carbocycles. The van der Waals surface area contributed by atoms with Crippen LogP contribution >= 0.6 is 34.3 Å². The molecule has 0 bridgehead atoms. The van der Waals surface area contributed by atoms with Gasteiger partial charge in [0.05, 0.1) is 27.3 Å². The van der Waals surface area contributed by atoms with Gasteiger partial charge in [0.1, 0.15) is 0 Å². The van der Waals surface area contributed by atoms with Crippen molar-refractivity contribution in [3.63, 3.8) is 0 Å². The summed E-state index contributed by atoms with van der Waals surface area (Å²) in [5.41, 5.74) is 3.91. The Hall–Kier alpha value is -3.06. The van der Waals surface area contributed by atoms with E-state index in [0.29, 0.717) is 15.7 Å². The number of benzene rings is 2. The van der Waals surface area contributed by atoms with Crippen molar-refractivity contribution >= 4 is 56.2 Å². The predicted molar refractivity (Wildman–Crippen MR) is 130 cm³/mol. The first-order valence-electron chi connectivity index (χ1n) is 9.56. The molecule has 0 unspecified atom stereocenters. The Bertz CT molecular complexity index is 1410. The summed E-state index contributed by atoms with van der Waals surface area (Å²) in [6.07, 6.45) is 0. The first kappa shape index (κ1) is 19.9. The molecule has 0 aliphatic heterocycles. The minimum Gasteiger partial charge on any atom is -0.298 e. The normalized spacial score (nSPS) is 11.0. The van der Waals surface area contributed by atoms with E-state index in [9.17, 15) is 4.79 Å². The predicted octanol–water partition coefficient (Wildman–Crippen LogP) is 7.30. The summed E-state index contributed by atoms with van der Waals surface area (Å²) in [7, 11) is 0. The van der Waals surface area contributed by atoms with Crippen molar-refractivity contribution in [1.29, 1.82) is 0 Å². The number of nitrogens with zero attached hydrogens (tertiary/aromatic N) is 2. The van der Waals surface area contributed by atoms with E-state index in [-0.39, 0.29) is 5.91 Å². The van der Waals surface area contributed by atoms with Crippen molar-refractivity contribution in [3.05, 3.63) is 87.6 Å². The van der Waals surface area contributed by atoms with E-state index < -0.39 is 0 Å². The third-order valence-corrected chi connectivity index (χ3v) is 6.85. The van der Waals surface area contributed by atoms with Gasteiger partial charge in [-0.2, -0.15) is 0 Å². The van der Waals surface area contributed by atoms with E-state index >= 15 is 0 Å². The maximum absolute atomic E-state index is 13.2. The fourth-order valence-corrected chi connectivity index (χ4v) is 4.98. The van der Waals surface area contributed by atoms with E-state index in [2.05, 4.69) is 23.3 Å². The Balaban J connectivity index is 1.49. The number of hydrogen-bond donors (Lipinski definition) is 1. The van der Waals surface area contributed by atoms with Gasteiger partial charge in [-0.15, -0.1) is 22.7 Å². The molecule has 5 rings (SSSR count). The number of halogens is 1. The van der Waals surface area contributed by atoms with Crippen LogP contribution in [0.5, 0.6) is 0 Å². The standard InChI is InChI=1S/C24H16ClN3OS2/c1-14-6-11-22(31-14)20-12-18(17-4-2-3-5-19(17)26-20)23(29)28-24-27-21(13-30-24)15-7-9-16(25)10-8-15/h2-13H,1H3,(H,27,28,29). The average molecular weight is 462 g/mol. The van der Waals surface area contributed by atoms with Crippen molar-refractivity contribution in [3.8, 4) is 21.8 Å². The topological polar surface area (TPSA) is 54.9 Å². The van der Waals surface area contributed by atoms with Crippen LogP contribution < -0.4 is 5.32 Å². The zero-order chi connectivity index (χ0) is 21.4. The molecule has 4 nitrogen and oxygen atoms in total. The Morgan fingerprint density at radius 3 is 2.55 bits per heavy atom. The van der Waals surface area contributed by atoms with E-state index in [4.69, 9.17) is 16.6 Å². The van der Waals surface area contributed by atoms with Crippen LogP contribution in [0.25, 0.3) is 32.7 Å². The van der Waals surface area contributed by atoms with Crippen LogP contribution in [0.3, 0.4) is 0 Å². The molecule has 0 radical (unpaired) electrons. The first-order valence-corrected chi connectivity index (χ1v) is 11.6. The maximum atomic E-state index is 13.2. The molecule has 5 aromatic rings. The number of aryl methyl sites for hydroxylation is 1. The number of pyridine rings is 1. The largest absolute Gasteiger partial charge is 0.298 e. The lowest BCUT2D eigenvalue weighted by atomic mass is 10.1. The molecule has 31 heavy (non-hydrogen) atoms. The lowest BCUT2D eigenvalue weighted by Crippen LogP contribution is -2.13. The summed E-state index contributed by atoms with van der Waals surface area (Å²) < 4.78 is 0. The third-order valence-electron chi connectivity index (χ3n) is 4.82. The summed E-state index contributed by atoms with van der Waals surface area (Å²) in [6, 6.07) is 21.1. The molecule has 0 atom stereocenters. The summed E-state index contributed by atoms with van der Waals surface area (Å²) in [5.74, 6) is -0.204. The van der Waals surface area contributed by atoms with E-state index in [1.807, 2.05) is 66.0 Å². The number of fused-ring (bicyclic) bond motifs is 1. The quantitative estimate of drug-likeness (QED) is 0.305. The van der Waals surface area contributed by atoms with Crippen molar-refractivity contribution in [2.75, 3.05) is 5.32 Å². The Kier molecular flexibility index (Phi) is 5.28. The number of thiophene rings is 1. The number of aromatic nitrogens is 2.